The molecule has 1 aliphatic heterocycles. The minimum atomic E-state index is -0.568. The van der Waals surface area contributed by atoms with Crippen molar-refractivity contribution in [3.8, 4) is 5.75 Å². The minimum absolute atomic E-state index is 0.568. The topological polar surface area (TPSA) is 41.5 Å². The maximum absolute atomic E-state index is 10.3. The molecule has 1 aliphatic rings. The monoisotopic (exact) mass is 221 g/mol. The molecule has 1 fully saturated rings. The number of ether oxygens (including phenoxy) is 1. The molecular weight excluding hydrogens is 202 g/mol. The maximum Gasteiger partial charge on any atom is 0.121 e. The highest BCUT2D eigenvalue weighted by molar-refractivity contribution is 5.36. The van der Waals surface area contributed by atoms with Crippen LogP contribution in [-0.4, -0.2) is 30.9 Å². The molecule has 0 spiro atoms. The molecule has 1 atom stereocenters. The highest BCUT2D eigenvalue weighted by atomic mass is 16.5. The zero-order chi connectivity index (χ0) is 11.6. The van der Waals surface area contributed by atoms with Gasteiger partial charge in [0.05, 0.1) is 12.7 Å². The number of aryl methyl sites for hydroxylation is 1. The van der Waals surface area contributed by atoms with Crippen LogP contribution in [0.2, 0.25) is 0 Å². The Morgan fingerprint density at radius 2 is 2.31 bits per heavy atom. The first-order valence-corrected chi connectivity index (χ1v) is 5.70. The fourth-order valence-corrected chi connectivity index (χ4v) is 2.31. The molecule has 2 N–H and O–H groups in total. The average molecular weight is 221 g/mol. The molecule has 1 aromatic carbocycles. The molecule has 16 heavy (non-hydrogen) atoms. The van der Waals surface area contributed by atoms with Crippen LogP contribution in [0.15, 0.2) is 18.2 Å². The molecular formula is C13H19NO2. The SMILES string of the molecule is COc1ccc(CC2(O)CCNC2)cc1C. The first-order chi connectivity index (χ1) is 7.63. The quantitative estimate of drug-likeness (QED) is 0.807. The van der Waals surface area contributed by atoms with Gasteiger partial charge in [-0.2, -0.15) is 0 Å². The third kappa shape index (κ3) is 2.36. The van der Waals surface area contributed by atoms with Crippen molar-refractivity contribution in [2.75, 3.05) is 20.2 Å². The van der Waals surface area contributed by atoms with E-state index in [0.29, 0.717) is 13.0 Å². The summed E-state index contributed by atoms with van der Waals surface area (Å²) in [5.74, 6) is 0.903. The van der Waals surface area contributed by atoms with Crippen LogP contribution >= 0.6 is 0 Å². The fraction of sp³-hybridized carbons (Fsp3) is 0.538. The molecule has 1 aromatic rings. The molecule has 0 saturated carbocycles. The summed E-state index contributed by atoms with van der Waals surface area (Å²) in [7, 11) is 1.68. The van der Waals surface area contributed by atoms with Crippen LogP contribution in [0.25, 0.3) is 0 Å². The number of aliphatic hydroxyl groups is 1. The van der Waals surface area contributed by atoms with Crippen molar-refractivity contribution in [3.05, 3.63) is 29.3 Å². The predicted molar refractivity (Wildman–Crippen MR) is 63.9 cm³/mol. The van der Waals surface area contributed by atoms with Gasteiger partial charge in [-0.1, -0.05) is 12.1 Å². The predicted octanol–water partition coefficient (Wildman–Crippen LogP) is 1.27. The minimum Gasteiger partial charge on any atom is -0.496 e. The van der Waals surface area contributed by atoms with Gasteiger partial charge in [0, 0.05) is 13.0 Å². The van der Waals surface area contributed by atoms with Gasteiger partial charge in [0.2, 0.25) is 0 Å². The Balaban J connectivity index is 2.13. The van der Waals surface area contributed by atoms with Gasteiger partial charge in [-0.3, -0.25) is 0 Å². The third-order valence-corrected chi connectivity index (χ3v) is 3.21. The van der Waals surface area contributed by atoms with Crippen molar-refractivity contribution in [3.63, 3.8) is 0 Å². The summed E-state index contributed by atoms with van der Waals surface area (Å²) in [5, 5.41) is 13.5. The lowest BCUT2D eigenvalue weighted by molar-refractivity contribution is 0.0619. The van der Waals surface area contributed by atoms with Gasteiger partial charge in [0.25, 0.3) is 0 Å². The van der Waals surface area contributed by atoms with Crippen molar-refractivity contribution in [2.45, 2.75) is 25.4 Å². The summed E-state index contributed by atoms with van der Waals surface area (Å²) < 4.78 is 5.22. The van der Waals surface area contributed by atoms with E-state index in [1.807, 2.05) is 19.1 Å². The van der Waals surface area contributed by atoms with Gasteiger partial charge in [-0.25, -0.2) is 0 Å². The van der Waals surface area contributed by atoms with Gasteiger partial charge < -0.3 is 15.2 Å². The smallest absolute Gasteiger partial charge is 0.121 e. The highest BCUT2D eigenvalue weighted by Crippen LogP contribution is 2.24. The summed E-state index contributed by atoms with van der Waals surface area (Å²) in [6.45, 7) is 3.63. The zero-order valence-corrected chi connectivity index (χ0v) is 9.92. The van der Waals surface area contributed by atoms with Crippen molar-refractivity contribution >= 4 is 0 Å². The summed E-state index contributed by atoms with van der Waals surface area (Å²) in [5.41, 5.74) is 1.72. The lowest BCUT2D eigenvalue weighted by Crippen LogP contribution is -2.33. The zero-order valence-electron chi connectivity index (χ0n) is 9.92. The van der Waals surface area contributed by atoms with E-state index in [9.17, 15) is 5.11 Å². The molecule has 1 unspecified atom stereocenters. The van der Waals surface area contributed by atoms with E-state index in [2.05, 4.69) is 11.4 Å². The van der Waals surface area contributed by atoms with Crippen molar-refractivity contribution in [1.29, 1.82) is 0 Å². The van der Waals surface area contributed by atoms with E-state index in [1.165, 1.54) is 5.56 Å². The second-order valence-corrected chi connectivity index (χ2v) is 4.63. The first-order valence-electron chi connectivity index (χ1n) is 5.70. The van der Waals surface area contributed by atoms with Crippen LogP contribution in [0.5, 0.6) is 5.75 Å². The number of methoxy groups -OCH3 is 1. The van der Waals surface area contributed by atoms with Crippen LogP contribution < -0.4 is 10.1 Å². The molecule has 2 rings (SSSR count). The molecule has 0 radical (unpaired) electrons. The maximum atomic E-state index is 10.3. The summed E-state index contributed by atoms with van der Waals surface area (Å²) in [6, 6.07) is 6.09. The number of hydrogen-bond acceptors (Lipinski definition) is 3. The third-order valence-electron chi connectivity index (χ3n) is 3.21. The number of hydrogen-bond donors (Lipinski definition) is 2. The normalized spacial score (nSPS) is 24.7. The standard InChI is InChI=1S/C13H19NO2/c1-10-7-11(3-4-12(10)16-2)8-13(15)5-6-14-9-13/h3-4,7,14-15H,5-6,8-9H2,1-2H3. The Hall–Kier alpha value is -1.06. The Morgan fingerprint density at radius 3 is 2.88 bits per heavy atom. The largest absolute Gasteiger partial charge is 0.496 e. The Kier molecular flexibility index (Phi) is 3.17. The van der Waals surface area contributed by atoms with Crippen LogP contribution in [0.1, 0.15) is 17.5 Å². The molecule has 3 heteroatoms. The average Bonchev–Trinajstić information content (AvgIpc) is 2.65. The molecule has 0 aliphatic carbocycles. The Labute approximate surface area is 96.4 Å². The second-order valence-electron chi connectivity index (χ2n) is 4.63. The van der Waals surface area contributed by atoms with E-state index in [0.717, 1.165) is 24.3 Å². The van der Waals surface area contributed by atoms with Crippen molar-refractivity contribution in [2.24, 2.45) is 0 Å². The van der Waals surface area contributed by atoms with E-state index < -0.39 is 5.60 Å². The van der Waals surface area contributed by atoms with Crippen LogP contribution in [-0.2, 0) is 6.42 Å². The summed E-state index contributed by atoms with van der Waals surface area (Å²) in [6.07, 6.45) is 1.54. The van der Waals surface area contributed by atoms with E-state index in [-0.39, 0.29) is 0 Å². The van der Waals surface area contributed by atoms with Gasteiger partial charge >= 0.3 is 0 Å². The van der Waals surface area contributed by atoms with Gasteiger partial charge in [-0.15, -0.1) is 0 Å². The summed E-state index contributed by atoms with van der Waals surface area (Å²) >= 11 is 0. The van der Waals surface area contributed by atoms with Crippen LogP contribution in [0, 0.1) is 6.92 Å². The molecule has 0 aromatic heterocycles. The van der Waals surface area contributed by atoms with E-state index in [1.54, 1.807) is 7.11 Å². The molecule has 1 saturated heterocycles. The van der Waals surface area contributed by atoms with Crippen molar-refractivity contribution < 1.29 is 9.84 Å². The van der Waals surface area contributed by atoms with Gasteiger partial charge in [0.15, 0.2) is 0 Å². The van der Waals surface area contributed by atoms with Gasteiger partial charge in [0.1, 0.15) is 5.75 Å². The molecule has 88 valence electrons. The first kappa shape index (κ1) is 11.4. The number of β-amino-alcohol motifs (C(OH)–C–C–N with tert-alkyl or cyclic N) is 1. The van der Waals surface area contributed by atoms with Crippen LogP contribution in [0.3, 0.4) is 0 Å². The van der Waals surface area contributed by atoms with Gasteiger partial charge in [-0.05, 0) is 37.1 Å². The fourth-order valence-electron chi connectivity index (χ4n) is 2.31. The lowest BCUT2D eigenvalue weighted by Gasteiger charge is -2.21. The second kappa shape index (κ2) is 4.44. The number of benzene rings is 1. The molecule has 1 heterocycles. The molecule has 3 nitrogen and oxygen atoms in total. The Morgan fingerprint density at radius 1 is 1.50 bits per heavy atom. The lowest BCUT2D eigenvalue weighted by atomic mass is 9.93. The Bertz CT molecular complexity index is 370. The molecule has 0 amide bonds. The van der Waals surface area contributed by atoms with Crippen LogP contribution in [0.4, 0.5) is 0 Å². The highest BCUT2D eigenvalue weighted by Gasteiger charge is 2.30. The van der Waals surface area contributed by atoms with Crippen molar-refractivity contribution in [1.82, 2.24) is 5.32 Å². The molecule has 0 bridgehead atoms. The van der Waals surface area contributed by atoms with E-state index in [4.69, 9.17) is 4.74 Å². The summed E-state index contributed by atoms with van der Waals surface area (Å²) in [4.78, 5) is 0. The van der Waals surface area contributed by atoms with E-state index >= 15 is 0 Å². The number of nitrogens with one attached hydrogen (secondary N) is 1. The number of rotatable bonds is 3.